The summed E-state index contributed by atoms with van der Waals surface area (Å²) in [7, 11) is 0. The van der Waals surface area contributed by atoms with Gasteiger partial charge in [0.1, 0.15) is 0 Å². The van der Waals surface area contributed by atoms with Crippen LogP contribution in [-0.4, -0.2) is 37.6 Å². The monoisotopic (exact) mass is 455 g/mol. The molecule has 6 heteroatoms. The SMILES string of the molecule is O=C(Nc1ccccc1C(=O)NC[C@H]1CCCO1)c1ccc(CN2CCc3ccccc32)cc1. The highest BCUT2D eigenvalue weighted by atomic mass is 16.5. The minimum absolute atomic E-state index is 0.0678. The van der Waals surface area contributed by atoms with E-state index in [9.17, 15) is 9.59 Å². The van der Waals surface area contributed by atoms with Gasteiger partial charge in [-0.05, 0) is 60.7 Å². The average Bonchev–Trinajstić information content (AvgIpc) is 3.54. The Bertz CT molecular complexity index is 1170. The van der Waals surface area contributed by atoms with Gasteiger partial charge in [-0.3, -0.25) is 9.59 Å². The molecule has 2 amide bonds. The van der Waals surface area contributed by atoms with Gasteiger partial charge in [0.15, 0.2) is 0 Å². The molecule has 0 saturated carbocycles. The number of hydrogen-bond acceptors (Lipinski definition) is 4. The van der Waals surface area contributed by atoms with Crippen molar-refractivity contribution < 1.29 is 14.3 Å². The Labute approximate surface area is 199 Å². The fraction of sp³-hybridized carbons (Fsp3) is 0.286. The number of carbonyl (C=O) groups excluding carboxylic acids is 2. The van der Waals surface area contributed by atoms with E-state index >= 15 is 0 Å². The number of nitrogens with zero attached hydrogens (tertiary/aromatic N) is 1. The highest BCUT2D eigenvalue weighted by Crippen LogP contribution is 2.29. The van der Waals surface area contributed by atoms with E-state index in [1.165, 1.54) is 11.3 Å². The maximum Gasteiger partial charge on any atom is 0.255 e. The van der Waals surface area contributed by atoms with Gasteiger partial charge in [0.2, 0.25) is 0 Å². The third-order valence-corrected chi connectivity index (χ3v) is 6.51. The summed E-state index contributed by atoms with van der Waals surface area (Å²) in [5.74, 6) is -0.454. The topological polar surface area (TPSA) is 70.7 Å². The van der Waals surface area contributed by atoms with Gasteiger partial charge in [-0.1, -0.05) is 42.5 Å². The molecule has 0 aliphatic carbocycles. The molecule has 0 unspecified atom stereocenters. The zero-order chi connectivity index (χ0) is 23.3. The van der Waals surface area contributed by atoms with Gasteiger partial charge in [-0.15, -0.1) is 0 Å². The molecular formula is C28H29N3O3. The van der Waals surface area contributed by atoms with Crippen molar-refractivity contribution >= 4 is 23.2 Å². The van der Waals surface area contributed by atoms with Gasteiger partial charge < -0.3 is 20.3 Å². The van der Waals surface area contributed by atoms with Gasteiger partial charge in [-0.25, -0.2) is 0 Å². The smallest absolute Gasteiger partial charge is 0.255 e. The summed E-state index contributed by atoms with van der Waals surface area (Å²) < 4.78 is 5.57. The van der Waals surface area contributed by atoms with E-state index in [2.05, 4.69) is 39.8 Å². The Morgan fingerprint density at radius 3 is 2.56 bits per heavy atom. The van der Waals surface area contributed by atoms with Gasteiger partial charge in [0.25, 0.3) is 11.8 Å². The molecule has 174 valence electrons. The molecule has 3 aromatic carbocycles. The molecule has 34 heavy (non-hydrogen) atoms. The molecule has 1 saturated heterocycles. The Balaban J connectivity index is 1.21. The molecule has 0 aromatic heterocycles. The highest BCUT2D eigenvalue weighted by Gasteiger charge is 2.20. The molecule has 2 N–H and O–H groups in total. The zero-order valence-electron chi connectivity index (χ0n) is 19.1. The average molecular weight is 456 g/mol. The fourth-order valence-electron chi connectivity index (χ4n) is 4.64. The normalized spacial score (nSPS) is 16.8. The van der Waals surface area contributed by atoms with Gasteiger partial charge >= 0.3 is 0 Å². The molecule has 2 aliphatic rings. The predicted molar refractivity (Wildman–Crippen MR) is 133 cm³/mol. The summed E-state index contributed by atoms with van der Waals surface area (Å²) >= 11 is 0. The van der Waals surface area contributed by atoms with E-state index in [0.29, 0.717) is 23.4 Å². The van der Waals surface area contributed by atoms with E-state index in [1.807, 2.05) is 30.3 Å². The lowest BCUT2D eigenvalue weighted by Gasteiger charge is -2.19. The molecule has 3 aromatic rings. The number of rotatable bonds is 7. The molecule has 0 spiro atoms. The molecule has 1 atom stereocenters. The zero-order valence-corrected chi connectivity index (χ0v) is 19.1. The number of amides is 2. The van der Waals surface area contributed by atoms with Crippen LogP contribution in [0.2, 0.25) is 0 Å². The Hall–Kier alpha value is -3.64. The van der Waals surface area contributed by atoms with Crippen molar-refractivity contribution in [2.45, 2.75) is 31.9 Å². The maximum atomic E-state index is 12.9. The maximum absolute atomic E-state index is 12.9. The van der Waals surface area contributed by atoms with Crippen molar-refractivity contribution in [3.05, 3.63) is 95.1 Å². The molecule has 2 aliphatic heterocycles. The van der Waals surface area contributed by atoms with Crippen LogP contribution in [0.5, 0.6) is 0 Å². The molecule has 1 fully saturated rings. The largest absolute Gasteiger partial charge is 0.376 e. The number of anilines is 2. The van der Waals surface area contributed by atoms with E-state index < -0.39 is 0 Å². The van der Waals surface area contributed by atoms with Crippen LogP contribution < -0.4 is 15.5 Å². The molecule has 6 nitrogen and oxygen atoms in total. The Morgan fingerprint density at radius 1 is 0.941 bits per heavy atom. The Morgan fingerprint density at radius 2 is 1.74 bits per heavy atom. The number of para-hydroxylation sites is 2. The van der Waals surface area contributed by atoms with E-state index in [-0.39, 0.29) is 17.9 Å². The second-order valence-corrected chi connectivity index (χ2v) is 8.84. The summed E-state index contributed by atoms with van der Waals surface area (Å²) in [4.78, 5) is 28.0. The van der Waals surface area contributed by atoms with Crippen molar-refractivity contribution in [2.75, 3.05) is 29.9 Å². The lowest BCUT2D eigenvalue weighted by atomic mass is 10.1. The first-order valence-corrected chi connectivity index (χ1v) is 11.9. The van der Waals surface area contributed by atoms with Gasteiger partial charge in [0.05, 0.1) is 17.4 Å². The van der Waals surface area contributed by atoms with Crippen molar-refractivity contribution in [2.24, 2.45) is 0 Å². The van der Waals surface area contributed by atoms with E-state index in [4.69, 9.17) is 4.74 Å². The number of benzene rings is 3. The lowest BCUT2D eigenvalue weighted by Crippen LogP contribution is -2.32. The number of carbonyl (C=O) groups is 2. The molecule has 2 heterocycles. The first-order chi connectivity index (χ1) is 16.7. The summed E-state index contributed by atoms with van der Waals surface area (Å²) in [6.07, 6.45) is 3.12. The summed E-state index contributed by atoms with van der Waals surface area (Å²) in [5.41, 5.74) is 5.33. The molecule has 5 rings (SSSR count). The van der Waals surface area contributed by atoms with Crippen molar-refractivity contribution in [3.8, 4) is 0 Å². The number of ether oxygens (including phenoxy) is 1. The first kappa shape index (κ1) is 22.2. The van der Waals surface area contributed by atoms with Crippen LogP contribution in [0.4, 0.5) is 11.4 Å². The van der Waals surface area contributed by atoms with Crippen LogP contribution in [0.3, 0.4) is 0 Å². The fourth-order valence-corrected chi connectivity index (χ4v) is 4.64. The molecule has 0 radical (unpaired) electrons. The van der Waals surface area contributed by atoms with E-state index in [1.54, 1.807) is 18.2 Å². The number of hydrogen-bond donors (Lipinski definition) is 2. The third-order valence-electron chi connectivity index (χ3n) is 6.51. The second-order valence-electron chi connectivity index (χ2n) is 8.84. The molecule has 0 bridgehead atoms. The van der Waals surface area contributed by atoms with Crippen molar-refractivity contribution in [1.82, 2.24) is 5.32 Å². The standard InChI is InChI=1S/C28H29N3O3/c32-27(30-25-9-3-2-8-24(25)28(33)29-18-23-7-5-17-34-23)22-13-11-20(12-14-22)19-31-16-15-21-6-1-4-10-26(21)31/h1-4,6,8-14,23H,5,7,15-19H2,(H,29,33)(H,30,32)/t23-/m1/s1. The van der Waals surface area contributed by atoms with Crippen LogP contribution >= 0.6 is 0 Å². The van der Waals surface area contributed by atoms with Crippen LogP contribution in [0, 0.1) is 0 Å². The lowest BCUT2D eigenvalue weighted by molar-refractivity contribution is 0.0858. The number of nitrogens with one attached hydrogen (secondary N) is 2. The number of fused-ring (bicyclic) bond motifs is 1. The summed E-state index contributed by atoms with van der Waals surface area (Å²) in [6.45, 7) is 3.04. The second kappa shape index (κ2) is 10.1. The highest BCUT2D eigenvalue weighted by molar-refractivity contribution is 6.09. The minimum Gasteiger partial charge on any atom is -0.376 e. The predicted octanol–water partition coefficient (Wildman–Crippen LogP) is 4.41. The Kier molecular flexibility index (Phi) is 6.58. The first-order valence-electron chi connectivity index (χ1n) is 11.9. The minimum atomic E-state index is -0.238. The van der Waals surface area contributed by atoms with Crippen molar-refractivity contribution in [1.29, 1.82) is 0 Å². The van der Waals surface area contributed by atoms with Gasteiger partial charge in [0, 0.05) is 37.5 Å². The van der Waals surface area contributed by atoms with Crippen LogP contribution in [-0.2, 0) is 17.7 Å². The van der Waals surface area contributed by atoms with Crippen LogP contribution in [0.25, 0.3) is 0 Å². The van der Waals surface area contributed by atoms with Gasteiger partial charge in [-0.2, -0.15) is 0 Å². The summed E-state index contributed by atoms with van der Waals surface area (Å²) in [5, 5.41) is 5.82. The van der Waals surface area contributed by atoms with E-state index in [0.717, 1.165) is 44.5 Å². The summed E-state index contributed by atoms with van der Waals surface area (Å²) in [6, 6.07) is 23.3. The molecular weight excluding hydrogens is 426 g/mol. The van der Waals surface area contributed by atoms with Crippen molar-refractivity contribution in [3.63, 3.8) is 0 Å². The third kappa shape index (κ3) is 4.97. The van der Waals surface area contributed by atoms with Crippen LogP contribution in [0.1, 0.15) is 44.7 Å². The van der Waals surface area contributed by atoms with Crippen LogP contribution in [0.15, 0.2) is 72.8 Å². The quantitative estimate of drug-likeness (QED) is 0.554.